The molecule has 176 valence electrons. The standard InChI is InChI=1S/C24H34N2O5S/c1-4-11-25(14-18(27)16-29-2)15-24(28)26-12-9-23-21(10-13-32-23)22(26)17-31-20-7-5-19(30-3)6-8-20/h5-8,10,13,18,22,27H,4,9,11-12,14-17H2,1-3H3. The molecule has 8 heteroatoms. The highest BCUT2D eigenvalue weighted by atomic mass is 32.1. The van der Waals surface area contributed by atoms with Gasteiger partial charge in [0.2, 0.25) is 5.91 Å². The van der Waals surface area contributed by atoms with Crippen LogP contribution < -0.4 is 9.47 Å². The van der Waals surface area contributed by atoms with E-state index >= 15 is 0 Å². The van der Waals surface area contributed by atoms with Gasteiger partial charge in [-0.3, -0.25) is 9.69 Å². The maximum atomic E-state index is 13.4. The molecule has 32 heavy (non-hydrogen) atoms. The number of rotatable bonds is 12. The van der Waals surface area contributed by atoms with Crippen molar-refractivity contribution in [3.05, 3.63) is 46.2 Å². The Labute approximate surface area is 194 Å². The molecule has 0 saturated carbocycles. The van der Waals surface area contributed by atoms with Crippen LogP contribution in [0.25, 0.3) is 0 Å². The first-order chi connectivity index (χ1) is 15.5. The van der Waals surface area contributed by atoms with Crippen molar-refractivity contribution in [1.29, 1.82) is 0 Å². The number of hydrogen-bond acceptors (Lipinski definition) is 7. The SMILES string of the molecule is CCCN(CC(=O)N1CCc2sccc2C1COc1ccc(OC)cc1)CC(O)COC. The van der Waals surface area contributed by atoms with Crippen molar-refractivity contribution in [2.75, 3.05) is 53.6 Å². The number of benzene rings is 1. The molecule has 0 spiro atoms. The van der Waals surface area contributed by atoms with Gasteiger partial charge in [0.15, 0.2) is 0 Å². The lowest BCUT2D eigenvalue weighted by Crippen LogP contribution is -2.48. The van der Waals surface area contributed by atoms with Gasteiger partial charge in [-0.2, -0.15) is 0 Å². The van der Waals surface area contributed by atoms with E-state index in [9.17, 15) is 9.90 Å². The van der Waals surface area contributed by atoms with Gasteiger partial charge in [0, 0.05) is 25.1 Å². The molecule has 1 N–H and O–H groups in total. The normalized spacial score (nSPS) is 16.7. The second-order valence-corrected chi connectivity index (χ2v) is 8.98. The minimum Gasteiger partial charge on any atom is -0.497 e. The third kappa shape index (κ3) is 6.45. The number of amides is 1. The van der Waals surface area contributed by atoms with E-state index in [1.165, 1.54) is 10.4 Å². The molecule has 7 nitrogen and oxygen atoms in total. The summed E-state index contributed by atoms with van der Waals surface area (Å²) in [5.74, 6) is 1.58. The summed E-state index contributed by atoms with van der Waals surface area (Å²) in [6.07, 6.45) is 1.15. The number of nitrogens with zero attached hydrogens (tertiary/aromatic N) is 2. The lowest BCUT2D eigenvalue weighted by atomic mass is 10.0. The van der Waals surface area contributed by atoms with Crippen molar-refractivity contribution < 1.29 is 24.1 Å². The van der Waals surface area contributed by atoms with Gasteiger partial charge >= 0.3 is 0 Å². The number of aliphatic hydroxyl groups excluding tert-OH is 1. The first kappa shape index (κ1) is 24.5. The van der Waals surface area contributed by atoms with E-state index in [4.69, 9.17) is 14.2 Å². The molecule has 0 bridgehead atoms. The summed E-state index contributed by atoms with van der Waals surface area (Å²) < 4.78 is 16.3. The molecule has 2 aromatic rings. The molecular formula is C24H34N2O5S. The minimum atomic E-state index is -0.613. The summed E-state index contributed by atoms with van der Waals surface area (Å²) in [5, 5.41) is 12.2. The number of carbonyl (C=O) groups excluding carboxylic acids is 1. The largest absolute Gasteiger partial charge is 0.497 e. The van der Waals surface area contributed by atoms with Gasteiger partial charge in [0.25, 0.3) is 0 Å². The predicted octanol–water partition coefficient (Wildman–Crippen LogP) is 2.98. The van der Waals surface area contributed by atoms with Gasteiger partial charge in [-0.05, 0) is 60.7 Å². The van der Waals surface area contributed by atoms with Crippen molar-refractivity contribution in [2.45, 2.75) is 31.9 Å². The molecule has 1 aliphatic heterocycles. The van der Waals surface area contributed by atoms with Gasteiger partial charge in [0.05, 0.1) is 32.4 Å². The molecule has 3 rings (SSSR count). The fourth-order valence-electron chi connectivity index (χ4n) is 4.10. The summed E-state index contributed by atoms with van der Waals surface area (Å²) >= 11 is 1.74. The van der Waals surface area contributed by atoms with E-state index in [0.717, 1.165) is 30.9 Å². The average molecular weight is 463 g/mol. The van der Waals surface area contributed by atoms with Crippen molar-refractivity contribution in [1.82, 2.24) is 9.80 Å². The zero-order chi connectivity index (χ0) is 22.9. The molecule has 1 aromatic carbocycles. The maximum Gasteiger partial charge on any atom is 0.237 e. The number of methoxy groups -OCH3 is 2. The number of fused-ring (bicyclic) bond motifs is 1. The quantitative estimate of drug-likeness (QED) is 0.523. The smallest absolute Gasteiger partial charge is 0.237 e. The monoisotopic (exact) mass is 462 g/mol. The number of thiophene rings is 1. The second-order valence-electron chi connectivity index (χ2n) is 7.98. The summed E-state index contributed by atoms with van der Waals surface area (Å²) in [6.45, 7) is 4.83. The zero-order valence-electron chi connectivity index (χ0n) is 19.2. The van der Waals surface area contributed by atoms with E-state index in [1.807, 2.05) is 34.1 Å². The van der Waals surface area contributed by atoms with Gasteiger partial charge in [0.1, 0.15) is 18.1 Å². The predicted molar refractivity (Wildman–Crippen MR) is 126 cm³/mol. The molecule has 0 saturated heterocycles. The van der Waals surface area contributed by atoms with Crippen LogP contribution >= 0.6 is 11.3 Å². The van der Waals surface area contributed by atoms with Crippen LogP contribution in [0, 0.1) is 0 Å². The van der Waals surface area contributed by atoms with Crippen molar-refractivity contribution in [2.24, 2.45) is 0 Å². The van der Waals surface area contributed by atoms with Gasteiger partial charge in [-0.1, -0.05) is 6.92 Å². The topological polar surface area (TPSA) is 71.5 Å². The van der Waals surface area contributed by atoms with E-state index in [-0.39, 0.29) is 25.1 Å². The summed E-state index contributed by atoms with van der Waals surface area (Å²) in [7, 11) is 3.20. The Bertz CT molecular complexity index is 841. The van der Waals surface area contributed by atoms with Crippen LogP contribution in [0.5, 0.6) is 11.5 Å². The Kier molecular flexibility index (Phi) is 9.35. The number of ether oxygens (including phenoxy) is 3. The molecule has 1 aliphatic rings. The summed E-state index contributed by atoms with van der Waals surface area (Å²) in [4.78, 5) is 18.6. The van der Waals surface area contributed by atoms with Crippen LogP contribution in [0.3, 0.4) is 0 Å². The minimum absolute atomic E-state index is 0.0586. The Balaban J connectivity index is 1.70. The number of aliphatic hydroxyl groups is 1. The van der Waals surface area contributed by atoms with Crippen LogP contribution in [0.1, 0.15) is 29.8 Å². The van der Waals surface area contributed by atoms with Gasteiger partial charge in [-0.15, -0.1) is 11.3 Å². The lowest BCUT2D eigenvalue weighted by molar-refractivity contribution is -0.136. The fraction of sp³-hybridized carbons (Fsp3) is 0.542. The lowest BCUT2D eigenvalue weighted by Gasteiger charge is -2.37. The van der Waals surface area contributed by atoms with Crippen molar-refractivity contribution in [3.8, 4) is 11.5 Å². The number of hydrogen-bond donors (Lipinski definition) is 1. The third-order valence-corrected chi connectivity index (χ3v) is 6.61. The van der Waals surface area contributed by atoms with E-state index < -0.39 is 6.10 Å². The zero-order valence-corrected chi connectivity index (χ0v) is 20.0. The molecule has 2 heterocycles. The second kappa shape index (κ2) is 12.2. The van der Waals surface area contributed by atoms with E-state index in [1.54, 1.807) is 25.6 Å². The van der Waals surface area contributed by atoms with Crippen LogP contribution in [0.4, 0.5) is 0 Å². The van der Waals surface area contributed by atoms with Crippen molar-refractivity contribution >= 4 is 17.2 Å². The van der Waals surface area contributed by atoms with E-state index in [0.29, 0.717) is 19.7 Å². The Morgan fingerprint density at radius 2 is 2.00 bits per heavy atom. The average Bonchev–Trinajstić information content (AvgIpc) is 3.27. The molecule has 2 atom stereocenters. The molecule has 1 aromatic heterocycles. The third-order valence-electron chi connectivity index (χ3n) is 5.61. The Hall–Kier alpha value is -2.13. The van der Waals surface area contributed by atoms with Gasteiger partial charge < -0.3 is 24.2 Å². The summed E-state index contributed by atoms with van der Waals surface area (Å²) in [6, 6.07) is 9.46. The van der Waals surface area contributed by atoms with Gasteiger partial charge in [-0.25, -0.2) is 0 Å². The molecule has 2 unspecified atom stereocenters. The first-order valence-electron chi connectivity index (χ1n) is 11.1. The van der Waals surface area contributed by atoms with Crippen LogP contribution in [0.15, 0.2) is 35.7 Å². The van der Waals surface area contributed by atoms with Crippen LogP contribution in [-0.2, 0) is 16.0 Å². The molecular weight excluding hydrogens is 428 g/mol. The number of carbonyl (C=O) groups is 1. The van der Waals surface area contributed by atoms with Crippen molar-refractivity contribution in [3.63, 3.8) is 0 Å². The highest BCUT2D eigenvalue weighted by molar-refractivity contribution is 7.10. The molecule has 0 radical (unpaired) electrons. The highest BCUT2D eigenvalue weighted by Crippen LogP contribution is 2.34. The Morgan fingerprint density at radius 3 is 2.69 bits per heavy atom. The molecule has 0 aliphatic carbocycles. The van der Waals surface area contributed by atoms with Crippen LogP contribution in [0.2, 0.25) is 0 Å². The Morgan fingerprint density at radius 1 is 1.25 bits per heavy atom. The van der Waals surface area contributed by atoms with E-state index in [2.05, 4.69) is 18.4 Å². The van der Waals surface area contributed by atoms with Crippen LogP contribution in [-0.4, -0.2) is 80.5 Å². The fourth-order valence-corrected chi connectivity index (χ4v) is 5.03. The maximum absolute atomic E-state index is 13.4. The summed E-state index contributed by atoms with van der Waals surface area (Å²) in [5.41, 5.74) is 1.17. The molecule has 0 fully saturated rings. The molecule has 1 amide bonds. The highest BCUT2D eigenvalue weighted by Gasteiger charge is 2.33. The first-order valence-corrected chi connectivity index (χ1v) is 12.0.